The van der Waals surface area contributed by atoms with Crippen molar-refractivity contribution in [3.63, 3.8) is 0 Å². The maximum atomic E-state index is 13.3. The number of carbonyl (C=O) groups is 2. The van der Waals surface area contributed by atoms with Crippen molar-refractivity contribution < 1.29 is 14.3 Å². The highest BCUT2D eigenvalue weighted by molar-refractivity contribution is 6.31. The minimum Gasteiger partial charge on any atom is -0.495 e. The van der Waals surface area contributed by atoms with Gasteiger partial charge in [-0.15, -0.1) is 0 Å². The lowest BCUT2D eigenvalue weighted by Gasteiger charge is -2.38. The highest BCUT2D eigenvalue weighted by atomic mass is 35.5. The Kier molecular flexibility index (Phi) is 9.19. The van der Waals surface area contributed by atoms with E-state index in [0.717, 1.165) is 55.3 Å². The third-order valence-electron chi connectivity index (χ3n) is 6.96. The number of hydrogen-bond donors (Lipinski definition) is 3. The van der Waals surface area contributed by atoms with Crippen molar-refractivity contribution in [1.29, 1.82) is 0 Å². The summed E-state index contributed by atoms with van der Waals surface area (Å²) in [4.78, 5) is 30.6. The first-order valence-corrected chi connectivity index (χ1v) is 13.6. The van der Waals surface area contributed by atoms with Crippen LogP contribution in [0, 0.1) is 6.92 Å². The summed E-state index contributed by atoms with van der Waals surface area (Å²) in [5.41, 5.74) is 4.47. The fraction of sp³-hybridized carbons (Fsp3) is 0.333. The van der Waals surface area contributed by atoms with Gasteiger partial charge in [0.1, 0.15) is 5.75 Å². The van der Waals surface area contributed by atoms with Gasteiger partial charge >= 0.3 is 6.03 Å². The minimum absolute atomic E-state index is 0.0268. The minimum atomic E-state index is -0.415. The van der Waals surface area contributed by atoms with Crippen molar-refractivity contribution in [3.05, 3.63) is 76.8 Å². The molecule has 9 heteroatoms. The van der Waals surface area contributed by atoms with E-state index in [1.165, 1.54) is 0 Å². The number of amides is 3. The normalized spacial score (nSPS) is 14.0. The van der Waals surface area contributed by atoms with E-state index in [0.29, 0.717) is 22.0 Å². The molecule has 0 aliphatic carbocycles. The Morgan fingerprint density at radius 2 is 1.54 bits per heavy atom. The van der Waals surface area contributed by atoms with Gasteiger partial charge in [-0.05, 0) is 68.3 Å². The Hall–Kier alpha value is -3.91. The number of piperazine rings is 1. The van der Waals surface area contributed by atoms with Crippen LogP contribution in [0.4, 0.5) is 27.5 Å². The van der Waals surface area contributed by atoms with Gasteiger partial charge in [0.05, 0.1) is 18.4 Å². The van der Waals surface area contributed by atoms with Gasteiger partial charge in [-0.2, -0.15) is 0 Å². The van der Waals surface area contributed by atoms with Crippen LogP contribution < -0.4 is 30.5 Å². The van der Waals surface area contributed by atoms with Gasteiger partial charge in [0.2, 0.25) is 0 Å². The number of urea groups is 1. The molecular formula is C30H36ClN5O3. The molecule has 0 radical (unpaired) electrons. The summed E-state index contributed by atoms with van der Waals surface area (Å²) < 4.78 is 5.55. The summed E-state index contributed by atoms with van der Waals surface area (Å²) in [6, 6.07) is 18.4. The molecule has 39 heavy (non-hydrogen) atoms. The zero-order chi connectivity index (χ0) is 27.9. The predicted octanol–water partition coefficient (Wildman–Crippen LogP) is 6.16. The Bertz CT molecular complexity index is 1320. The van der Waals surface area contributed by atoms with Gasteiger partial charge < -0.3 is 30.5 Å². The topological polar surface area (TPSA) is 85.9 Å². The van der Waals surface area contributed by atoms with Gasteiger partial charge in [0, 0.05) is 54.3 Å². The number of rotatable bonds is 8. The van der Waals surface area contributed by atoms with Gasteiger partial charge in [-0.3, -0.25) is 4.79 Å². The Labute approximate surface area is 235 Å². The van der Waals surface area contributed by atoms with Crippen LogP contribution in [-0.2, 0) is 0 Å². The van der Waals surface area contributed by atoms with Crippen molar-refractivity contribution in [1.82, 2.24) is 5.32 Å². The fourth-order valence-electron chi connectivity index (χ4n) is 4.52. The molecule has 0 saturated carbocycles. The molecule has 3 N–H and O–H groups in total. The van der Waals surface area contributed by atoms with Crippen LogP contribution in [0.5, 0.6) is 5.75 Å². The van der Waals surface area contributed by atoms with E-state index in [4.69, 9.17) is 16.3 Å². The molecule has 3 amide bonds. The molecule has 1 saturated heterocycles. The smallest absolute Gasteiger partial charge is 0.323 e. The number of ether oxygens (including phenoxy) is 1. The molecule has 3 aromatic rings. The molecule has 8 nitrogen and oxygen atoms in total. The largest absolute Gasteiger partial charge is 0.495 e. The summed E-state index contributed by atoms with van der Waals surface area (Å²) >= 11 is 6.19. The van der Waals surface area contributed by atoms with E-state index >= 15 is 0 Å². The standard InChI is InChI=1S/C30H36ClN5O3/c1-5-21(3)32-29(37)24-18-22(33-30(38)34-23-11-10-20(2)25(31)19-23)12-13-26(24)35-14-16-36(17-15-35)27-8-6-7-9-28(27)39-4/h6-13,18-19,21H,5,14-17H2,1-4H3,(H,32,37)(H2,33,34,38). The highest BCUT2D eigenvalue weighted by Gasteiger charge is 2.24. The molecule has 206 valence electrons. The van der Waals surface area contributed by atoms with Gasteiger partial charge in [0.25, 0.3) is 5.91 Å². The summed E-state index contributed by atoms with van der Waals surface area (Å²) in [5.74, 6) is 0.682. The molecule has 1 unspecified atom stereocenters. The summed E-state index contributed by atoms with van der Waals surface area (Å²) in [5, 5.41) is 9.29. The van der Waals surface area contributed by atoms with E-state index < -0.39 is 6.03 Å². The van der Waals surface area contributed by atoms with Gasteiger partial charge in [-0.25, -0.2) is 4.79 Å². The second-order valence-corrected chi connectivity index (χ2v) is 10.1. The molecule has 1 atom stereocenters. The molecule has 3 aromatic carbocycles. The van der Waals surface area contributed by atoms with Crippen molar-refractivity contribution >= 4 is 46.3 Å². The average Bonchev–Trinajstić information content (AvgIpc) is 2.95. The molecule has 1 aliphatic rings. The lowest BCUT2D eigenvalue weighted by Crippen LogP contribution is -2.47. The molecule has 0 bridgehead atoms. The monoisotopic (exact) mass is 549 g/mol. The molecule has 0 aromatic heterocycles. The number of carbonyl (C=O) groups excluding carboxylic acids is 2. The summed E-state index contributed by atoms with van der Waals surface area (Å²) in [7, 11) is 1.68. The lowest BCUT2D eigenvalue weighted by atomic mass is 10.1. The maximum Gasteiger partial charge on any atom is 0.323 e. The first-order valence-electron chi connectivity index (χ1n) is 13.2. The Morgan fingerprint density at radius 1 is 0.923 bits per heavy atom. The SMILES string of the molecule is CCC(C)NC(=O)c1cc(NC(=O)Nc2ccc(C)c(Cl)c2)ccc1N1CCN(c2ccccc2OC)CC1. The first kappa shape index (κ1) is 28.1. The number of para-hydroxylation sites is 2. The molecular weight excluding hydrogens is 514 g/mol. The maximum absolute atomic E-state index is 13.3. The molecule has 0 spiro atoms. The van der Waals surface area contributed by atoms with Crippen LogP contribution in [0.2, 0.25) is 5.02 Å². The summed E-state index contributed by atoms with van der Waals surface area (Å²) in [6.07, 6.45) is 0.818. The summed E-state index contributed by atoms with van der Waals surface area (Å²) in [6.45, 7) is 8.96. The van der Waals surface area contributed by atoms with Crippen molar-refractivity contribution in [2.24, 2.45) is 0 Å². The van der Waals surface area contributed by atoms with E-state index in [2.05, 4.69) is 31.8 Å². The van der Waals surface area contributed by atoms with E-state index in [1.54, 1.807) is 25.3 Å². The predicted molar refractivity (Wildman–Crippen MR) is 160 cm³/mol. The number of benzene rings is 3. The highest BCUT2D eigenvalue weighted by Crippen LogP contribution is 2.31. The molecule has 1 aliphatic heterocycles. The quantitative estimate of drug-likeness (QED) is 0.313. The number of halogens is 1. The van der Waals surface area contributed by atoms with Gasteiger partial charge in [0.15, 0.2) is 0 Å². The zero-order valence-corrected chi connectivity index (χ0v) is 23.6. The lowest BCUT2D eigenvalue weighted by molar-refractivity contribution is 0.0939. The van der Waals surface area contributed by atoms with Crippen LogP contribution in [0.15, 0.2) is 60.7 Å². The number of nitrogens with zero attached hydrogens (tertiary/aromatic N) is 2. The zero-order valence-electron chi connectivity index (χ0n) is 22.9. The Balaban J connectivity index is 1.52. The number of anilines is 4. The Morgan fingerprint density at radius 3 is 2.18 bits per heavy atom. The van der Waals surface area contributed by atoms with Crippen LogP contribution in [0.3, 0.4) is 0 Å². The van der Waals surface area contributed by atoms with E-state index in [9.17, 15) is 9.59 Å². The number of aryl methyl sites for hydroxylation is 1. The van der Waals surface area contributed by atoms with Crippen molar-refractivity contribution in [2.45, 2.75) is 33.2 Å². The van der Waals surface area contributed by atoms with Crippen molar-refractivity contribution in [2.75, 3.05) is 53.7 Å². The van der Waals surface area contributed by atoms with E-state index in [-0.39, 0.29) is 11.9 Å². The van der Waals surface area contributed by atoms with Crippen LogP contribution in [0.1, 0.15) is 36.2 Å². The van der Waals surface area contributed by atoms with Crippen LogP contribution in [-0.4, -0.2) is 51.3 Å². The van der Waals surface area contributed by atoms with Crippen molar-refractivity contribution in [3.8, 4) is 5.75 Å². The molecule has 1 heterocycles. The second kappa shape index (κ2) is 12.8. The average molecular weight is 550 g/mol. The fourth-order valence-corrected chi connectivity index (χ4v) is 4.70. The second-order valence-electron chi connectivity index (χ2n) is 9.70. The molecule has 4 rings (SSSR count). The van der Waals surface area contributed by atoms with Crippen LogP contribution in [0.25, 0.3) is 0 Å². The van der Waals surface area contributed by atoms with Gasteiger partial charge in [-0.1, -0.05) is 36.7 Å². The third-order valence-corrected chi connectivity index (χ3v) is 7.37. The number of hydrogen-bond acceptors (Lipinski definition) is 5. The molecule has 1 fully saturated rings. The first-order chi connectivity index (χ1) is 18.8. The van der Waals surface area contributed by atoms with Crippen LogP contribution >= 0.6 is 11.6 Å². The third kappa shape index (κ3) is 6.95. The number of nitrogens with one attached hydrogen (secondary N) is 3. The number of methoxy groups -OCH3 is 1. The van der Waals surface area contributed by atoms with E-state index in [1.807, 2.05) is 57.2 Å².